The Morgan fingerprint density at radius 2 is 1.35 bits per heavy atom. The van der Waals surface area contributed by atoms with Gasteiger partial charge in [0.05, 0.1) is 6.61 Å². The molecule has 0 aromatic heterocycles. The Morgan fingerprint density at radius 1 is 0.957 bits per heavy atom. The third-order valence-electron chi connectivity index (χ3n) is 4.06. The summed E-state index contributed by atoms with van der Waals surface area (Å²) >= 11 is 0. The third kappa shape index (κ3) is 6.40. The molecule has 0 bridgehead atoms. The van der Waals surface area contributed by atoms with E-state index in [1.54, 1.807) is 6.92 Å². The lowest BCUT2D eigenvalue weighted by atomic mass is 10.5. The van der Waals surface area contributed by atoms with E-state index in [-0.39, 0.29) is 23.2 Å². The van der Waals surface area contributed by atoms with E-state index < -0.39 is 39.9 Å². The van der Waals surface area contributed by atoms with E-state index in [2.05, 4.69) is 4.74 Å². The molecule has 0 saturated heterocycles. The summed E-state index contributed by atoms with van der Waals surface area (Å²) in [5.74, 6) is -1.46. The van der Waals surface area contributed by atoms with Gasteiger partial charge in [-0.15, -0.1) is 0 Å². The van der Waals surface area contributed by atoms with Crippen molar-refractivity contribution in [2.75, 3.05) is 18.9 Å². The zero-order valence-electron chi connectivity index (χ0n) is 15.3. The number of ether oxygens (including phenoxy) is 1. The molecule has 0 heterocycles. The zero-order chi connectivity index (χ0) is 18.4. The molecule has 0 fully saturated rings. The normalized spacial score (nSPS) is 14.9. The Labute approximate surface area is 140 Å². The lowest BCUT2D eigenvalue weighted by Gasteiger charge is -2.41. The predicted octanol–water partition coefficient (Wildman–Crippen LogP) is 3.54. The summed E-state index contributed by atoms with van der Waals surface area (Å²) in [6.45, 7) is 13.9. The molecule has 0 aliphatic rings. The standard InChI is InChI=1S/C15H31O6PSi/c1-8-20-14(16)9-22(18,19)10-15(17)21-23(11(2)3,12(4)5)13(6)7/h11-13H,8-10H2,1-7H3,(H,18,19). The zero-order valence-corrected chi connectivity index (χ0v) is 17.2. The summed E-state index contributed by atoms with van der Waals surface area (Å²) in [5.41, 5.74) is 0.568. The first kappa shape index (κ1) is 22.3. The van der Waals surface area contributed by atoms with Gasteiger partial charge in [-0.1, -0.05) is 41.5 Å². The highest BCUT2D eigenvalue weighted by Crippen LogP contribution is 2.45. The molecule has 1 atom stereocenters. The lowest BCUT2D eigenvalue weighted by molar-refractivity contribution is -0.140. The van der Waals surface area contributed by atoms with E-state index in [4.69, 9.17) is 4.43 Å². The number of hydrogen-bond acceptors (Lipinski definition) is 5. The quantitative estimate of drug-likeness (QED) is 0.381. The maximum Gasteiger partial charge on any atom is 0.315 e. The van der Waals surface area contributed by atoms with Crippen molar-refractivity contribution in [3.05, 3.63) is 0 Å². The highest BCUT2D eigenvalue weighted by Gasteiger charge is 2.48. The second kappa shape index (κ2) is 8.99. The minimum atomic E-state index is -3.94. The molecule has 0 aliphatic carbocycles. The van der Waals surface area contributed by atoms with Crippen LogP contribution in [0.3, 0.4) is 0 Å². The monoisotopic (exact) mass is 366 g/mol. The van der Waals surface area contributed by atoms with E-state index in [1.165, 1.54) is 0 Å². The van der Waals surface area contributed by atoms with Crippen molar-refractivity contribution in [1.29, 1.82) is 0 Å². The topological polar surface area (TPSA) is 89.9 Å². The van der Waals surface area contributed by atoms with Crippen molar-refractivity contribution in [2.24, 2.45) is 0 Å². The molecule has 1 unspecified atom stereocenters. The fourth-order valence-corrected chi connectivity index (χ4v) is 9.62. The molecule has 1 N–H and O–H groups in total. The number of hydrogen-bond donors (Lipinski definition) is 1. The Kier molecular flexibility index (Phi) is 8.74. The number of carbonyl (C=O) groups excluding carboxylic acids is 2. The van der Waals surface area contributed by atoms with Gasteiger partial charge in [-0.25, -0.2) is 0 Å². The van der Waals surface area contributed by atoms with Crippen molar-refractivity contribution in [1.82, 2.24) is 0 Å². The van der Waals surface area contributed by atoms with E-state index in [1.807, 2.05) is 41.5 Å². The van der Waals surface area contributed by atoms with Crippen LogP contribution in [-0.4, -0.2) is 44.1 Å². The smallest absolute Gasteiger partial charge is 0.315 e. The van der Waals surface area contributed by atoms with Crippen LogP contribution in [0, 0.1) is 0 Å². The summed E-state index contributed by atoms with van der Waals surface area (Å²) in [4.78, 5) is 33.5. The van der Waals surface area contributed by atoms with Gasteiger partial charge < -0.3 is 14.1 Å². The molecule has 8 heteroatoms. The Morgan fingerprint density at radius 3 is 1.70 bits per heavy atom. The fraction of sp³-hybridized carbons (Fsp3) is 0.867. The maximum absolute atomic E-state index is 12.3. The SMILES string of the molecule is CCOC(=O)CP(=O)(O)CC(=O)O[Si](C(C)C)(C(C)C)C(C)C. The molecule has 136 valence electrons. The van der Waals surface area contributed by atoms with Crippen LogP contribution in [0.2, 0.25) is 16.6 Å². The molecule has 0 aliphatic heterocycles. The summed E-state index contributed by atoms with van der Waals surface area (Å²) < 4.78 is 22.6. The molecule has 23 heavy (non-hydrogen) atoms. The minimum Gasteiger partial charge on any atom is -0.518 e. The average molecular weight is 366 g/mol. The van der Waals surface area contributed by atoms with Gasteiger partial charge in [0.1, 0.15) is 12.3 Å². The molecule has 0 rings (SSSR count). The van der Waals surface area contributed by atoms with Crippen molar-refractivity contribution >= 4 is 27.6 Å². The highest BCUT2D eigenvalue weighted by molar-refractivity contribution is 7.59. The average Bonchev–Trinajstić information content (AvgIpc) is 2.33. The Hall–Kier alpha value is -0.653. The summed E-state index contributed by atoms with van der Waals surface area (Å²) in [6.07, 6.45) is -1.30. The van der Waals surface area contributed by atoms with Crippen LogP contribution >= 0.6 is 7.37 Å². The first-order valence-electron chi connectivity index (χ1n) is 8.07. The third-order valence-corrected chi connectivity index (χ3v) is 11.6. The largest absolute Gasteiger partial charge is 0.518 e. The molecule has 6 nitrogen and oxygen atoms in total. The van der Waals surface area contributed by atoms with Gasteiger partial charge in [-0.05, 0) is 23.5 Å². The van der Waals surface area contributed by atoms with Gasteiger partial charge in [0.2, 0.25) is 7.37 Å². The van der Waals surface area contributed by atoms with Gasteiger partial charge in [0.25, 0.3) is 8.32 Å². The number of rotatable bonds is 9. The second-order valence-electron chi connectivity index (χ2n) is 6.76. The molecule has 0 amide bonds. The van der Waals surface area contributed by atoms with Crippen LogP contribution in [0.15, 0.2) is 0 Å². The van der Waals surface area contributed by atoms with E-state index in [0.29, 0.717) is 0 Å². The van der Waals surface area contributed by atoms with Gasteiger partial charge in [0, 0.05) is 0 Å². The van der Waals surface area contributed by atoms with E-state index in [0.717, 1.165) is 0 Å². The molecule has 0 aromatic carbocycles. The molecule has 0 saturated carbocycles. The minimum absolute atomic E-state index is 0.132. The van der Waals surface area contributed by atoms with Gasteiger partial charge in [-0.3, -0.25) is 14.2 Å². The first-order chi connectivity index (χ1) is 10.4. The van der Waals surface area contributed by atoms with Crippen LogP contribution in [0.25, 0.3) is 0 Å². The van der Waals surface area contributed by atoms with Gasteiger partial charge >= 0.3 is 11.9 Å². The highest BCUT2D eigenvalue weighted by atomic mass is 31.2. The van der Waals surface area contributed by atoms with Gasteiger partial charge in [-0.2, -0.15) is 0 Å². The lowest BCUT2D eigenvalue weighted by Crippen LogP contribution is -2.49. The summed E-state index contributed by atoms with van der Waals surface area (Å²) in [6, 6.07) is 0. The van der Waals surface area contributed by atoms with E-state index >= 15 is 0 Å². The van der Waals surface area contributed by atoms with Crippen LogP contribution in [0.5, 0.6) is 0 Å². The number of esters is 1. The van der Waals surface area contributed by atoms with Crippen LogP contribution < -0.4 is 0 Å². The molecular weight excluding hydrogens is 335 g/mol. The van der Waals surface area contributed by atoms with Crippen molar-refractivity contribution in [3.8, 4) is 0 Å². The Bertz CT molecular complexity index is 439. The molecule has 0 spiro atoms. The maximum atomic E-state index is 12.3. The first-order valence-corrected chi connectivity index (χ1v) is 12.2. The van der Waals surface area contributed by atoms with Crippen molar-refractivity contribution < 1.29 is 28.2 Å². The fourth-order valence-electron chi connectivity index (χ4n) is 3.25. The van der Waals surface area contributed by atoms with Crippen molar-refractivity contribution in [2.45, 2.75) is 65.1 Å². The summed E-state index contributed by atoms with van der Waals surface area (Å²) in [5, 5.41) is 0. The number of carbonyl (C=O) groups is 2. The Balaban J connectivity index is 5.09. The van der Waals surface area contributed by atoms with Crippen LogP contribution in [-0.2, 0) is 23.3 Å². The van der Waals surface area contributed by atoms with Crippen molar-refractivity contribution in [3.63, 3.8) is 0 Å². The van der Waals surface area contributed by atoms with Crippen LogP contribution in [0.4, 0.5) is 0 Å². The van der Waals surface area contributed by atoms with Crippen LogP contribution in [0.1, 0.15) is 48.5 Å². The molecular formula is C15H31O6PSi. The predicted molar refractivity (Wildman–Crippen MR) is 93.3 cm³/mol. The van der Waals surface area contributed by atoms with Gasteiger partial charge in [0.15, 0.2) is 0 Å². The molecule has 0 radical (unpaired) electrons. The second-order valence-corrected chi connectivity index (χ2v) is 14.5. The summed E-state index contributed by atoms with van der Waals surface area (Å²) in [7, 11) is -6.38. The molecule has 0 aromatic rings. The van der Waals surface area contributed by atoms with E-state index in [9.17, 15) is 19.0 Å².